The lowest BCUT2D eigenvalue weighted by Gasteiger charge is -2.31. The van der Waals surface area contributed by atoms with E-state index >= 15 is 0 Å². The van der Waals surface area contributed by atoms with E-state index in [1.54, 1.807) is 0 Å². The van der Waals surface area contributed by atoms with Gasteiger partial charge in [0.2, 0.25) is 5.91 Å². The van der Waals surface area contributed by atoms with Gasteiger partial charge in [-0.15, -0.1) is 0 Å². The Morgan fingerprint density at radius 2 is 1.53 bits per heavy atom. The van der Waals surface area contributed by atoms with Crippen LogP contribution in [0.1, 0.15) is 73.6 Å². The monoisotopic (exact) mass is 243 g/mol. The molecule has 1 heterocycles. The van der Waals surface area contributed by atoms with Crippen LogP contribution < -0.4 is 0 Å². The fraction of sp³-hybridized carbons (Fsp3) is 0.933. The minimum absolute atomic E-state index is 0.329. The van der Waals surface area contributed by atoms with Crippen molar-refractivity contribution in [1.29, 1.82) is 0 Å². The van der Waals surface area contributed by atoms with Crippen molar-refractivity contribution in [2.75, 3.05) is 13.1 Å². The Bertz CT molecular complexity index is 160. The first-order valence-corrected chi connectivity index (χ1v) is 7.55. The summed E-state index contributed by atoms with van der Waals surface area (Å²) < 4.78 is 0. The highest BCUT2D eigenvalue weighted by molar-refractivity contribution is 5.75. The van der Waals surface area contributed by atoms with E-state index in [1.165, 1.54) is 25.7 Å². The summed E-state index contributed by atoms with van der Waals surface area (Å²) in [6.07, 6.45) is 5.73. The van der Waals surface area contributed by atoms with Crippen molar-refractivity contribution >= 4 is 5.91 Å². The Kier molecular flexibility index (Phi) is 15.0. The lowest BCUT2D eigenvalue weighted by atomic mass is 9.92. The first-order chi connectivity index (χ1) is 8.27. The molecule has 1 amide bonds. The van der Waals surface area contributed by atoms with E-state index in [0.717, 1.165) is 19.0 Å². The third kappa shape index (κ3) is 8.23. The lowest BCUT2D eigenvalue weighted by molar-refractivity contribution is -0.132. The van der Waals surface area contributed by atoms with Crippen LogP contribution in [0, 0.1) is 5.92 Å². The predicted molar refractivity (Wildman–Crippen MR) is 77.2 cm³/mol. The van der Waals surface area contributed by atoms with Gasteiger partial charge in [0.1, 0.15) is 0 Å². The van der Waals surface area contributed by atoms with Gasteiger partial charge in [-0.2, -0.15) is 0 Å². The van der Waals surface area contributed by atoms with Crippen molar-refractivity contribution in [3.8, 4) is 0 Å². The van der Waals surface area contributed by atoms with Crippen LogP contribution in [0.25, 0.3) is 0 Å². The highest BCUT2D eigenvalue weighted by Gasteiger charge is 2.20. The van der Waals surface area contributed by atoms with Gasteiger partial charge in [-0.3, -0.25) is 4.79 Å². The van der Waals surface area contributed by atoms with Crippen LogP contribution in [0.4, 0.5) is 0 Å². The van der Waals surface area contributed by atoms with Crippen LogP contribution in [0.15, 0.2) is 0 Å². The number of likely N-dealkylation sites (tertiary alicyclic amines) is 1. The van der Waals surface area contributed by atoms with E-state index in [9.17, 15) is 4.79 Å². The topological polar surface area (TPSA) is 20.3 Å². The van der Waals surface area contributed by atoms with E-state index in [2.05, 4.69) is 6.92 Å². The minimum atomic E-state index is 0.329. The Balaban J connectivity index is 0. The molecule has 0 aromatic heterocycles. The lowest BCUT2D eigenvalue weighted by Crippen LogP contribution is -2.37. The molecule has 0 spiro atoms. The molecular weight excluding hydrogens is 210 g/mol. The van der Waals surface area contributed by atoms with Crippen LogP contribution in [-0.2, 0) is 4.79 Å². The fourth-order valence-electron chi connectivity index (χ4n) is 2.10. The maximum absolute atomic E-state index is 11.4. The van der Waals surface area contributed by atoms with Crippen molar-refractivity contribution in [1.82, 2.24) is 4.90 Å². The molecule has 2 heteroatoms. The van der Waals surface area contributed by atoms with Gasteiger partial charge in [0.05, 0.1) is 0 Å². The van der Waals surface area contributed by atoms with Crippen LogP contribution in [0.5, 0.6) is 0 Å². The van der Waals surface area contributed by atoms with Crippen molar-refractivity contribution in [3.63, 3.8) is 0 Å². The van der Waals surface area contributed by atoms with Gasteiger partial charge in [0, 0.05) is 19.5 Å². The van der Waals surface area contributed by atoms with Crippen LogP contribution in [0.2, 0.25) is 0 Å². The maximum Gasteiger partial charge on any atom is 0.222 e. The molecule has 1 fully saturated rings. The predicted octanol–water partition coefficient (Wildman–Crippen LogP) is 4.49. The average Bonchev–Trinajstić information content (AvgIpc) is 2.43. The molecule has 2 nitrogen and oxygen atoms in total. The van der Waals surface area contributed by atoms with E-state index in [-0.39, 0.29) is 0 Å². The third-order valence-corrected chi connectivity index (χ3v) is 2.97. The van der Waals surface area contributed by atoms with Crippen molar-refractivity contribution in [3.05, 3.63) is 0 Å². The Morgan fingerprint density at radius 3 is 1.88 bits per heavy atom. The number of nitrogens with zero attached hydrogens (tertiary/aromatic N) is 1. The molecule has 1 saturated heterocycles. The number of amides is 1. The summed E-state index contributed by atoms with van der Waals surface area (Å²) in [7, 11) is 0. The molecule has 1 rings (SSSR count). The second kappa shape index (κ2) is 13.5. The number of rotatable bonds is 3. The average molecular weight is 243 g/mol. The molecule has 0 aromatic carbocycles. The third-order valence-electron chi connectivity index (χ3n) is 2.97. The SMILES string of the molecule is CC.CC.CCCC1CCN(C(=O)CC)CC1. The fourth-order valence-corrected chi connectivity index (χ4v) is 2.10. The molecule has 0 bridgehead atoms. The summed E-state index contributed by atoms with van der Waals surface area (Å²) in [5.41, 5.74) is 0. The molecule has 104 valence electrons. The van der Waals surface area contributed by atoms with E-state index in [4.69, 9.17) is 0 Å². The normalized spacial score (nSPS) is 15.3. The van der Waals surface area contributed by atoms with E-state index in [0.29, 0.717) is 12.3 Å². The van der Waals surface area contributed by atoms with E-state index in [1.807, 2.05) is 39.5 Å². The van der Waals surface area contributed by atoms with Crippen LogP contribution in [0.3, 0.4) is 0 Å². The van der Waals surface area contributed by atoms with Gasteiger partial charge in [-0.05, 0) is 18.8 Å². The second-order valence-electron chi connectivity index (χ2n) is 3.97. The Morgan fingerprint density at radius 1 is 1.06 bits per heavy atom. The number of piperidine rings is 1. The first kappa shape index (κ1) is 18.8. The Hall–Kier alpha value is -0.530. The summed E-state index contributed by atoms with van der Waals surface area (Å²) in [4.78, 5) is 13.4. The van der Waals surface area contributed by atoms with Crippen molar-refractivity contribution < 1.29 is 4.79 Å². The van der Waals surface area contributed by atoms with Gasteiger partial charge in [0.15, 0.2) is 0 Å². The standard InChI is InChI=1S/C11H21NO.2C2H6/c1-3-5-10-6-8-12(9-7-10)11(13)4-2;2*1-2/h10H,3-9H2,1-2H3;2*1-2H3. The smallest absolute Gasteiger partial charge is 0.222 e. The van der Waals surface area contributed by atoms with Crippen molar-refractivity contribution in [2.45, 2.75) is 73.6 Å². The highest BCUT2D eigenvalue weighted by atomic mass is 16.2. The Labute approximate surface area is 109 Å². The van der Waals surface area contributed by atoms with Crippen molar-refractivity contribution in [2.24, 2.45) is 5.92 Å². The molecule has 0 radical (unpaired) electrons. The second-order valence-corrected chi connectivity index (χ2v) is 3.97. The summed E-state index contributed by atoms with van der Waals surface area (Å²) in [5, 5.41) is 0. The van der Waals surface area contributed by atoms with Crippen LogP contribution in [-0.4, -0.2) is 23.9 Å². The van der Waals surface area contributed by atoms with Gasteiger partial charge in [-0.25, -0.2) is 0 Å². The zero-order chi connectivity index (χ0) is 13.7. The zero-order valence-corrected chi connectivity index (χ0v) is 12.9. The highest BCUT2D eigenvalue weighted by Crippen LogP contribution is 2.21. The largest absolute Gasteiger partial charge is 0.343 e. The summed E-state index contributed by atoms with van der Waals surface area (Å²) >= 11 is 0. The van der Waals surface area contributed by atoms with Gasteiger partial charge in [0.25, 0.3) is 0 Å². The van der Waals surface area contributed by atoms with Gasteiger partial charge in [-0.1, -0.05) is 54.4 Å². The van der Waals surface area contributed by atoms with Gasteiger partial charge < -0.3 is 4.90 Å². The molecule has 1 aliphatic rings. The molecular formula is C15H33NO. The molecule has 0 unspecified atom stereocenters. The number of hydrogen-bond acceptors (Lipinski definition) is 1. The first-order valence-electron chi connectivity index (χ1n) is 7.55. The number of hydrogen-bond donors (Lipinski definition) is 0. The number of carbonyl (C=O) groups excluding carboxylic acids is 1. The molecule has 0 aromatic rings. The minimum Gasteiger partial charge on any atom is -0.343 e. The van der Waals surface area contributed by atoms with Crippen LogP contribution >= 0.6 is 0 Å². The molecule has 0 aliphatic carbocycles. The summed E-state index contributed by atoms with van der Waals surface area (Å²) in [6.45, 7) is 14.2. The summed E-state index contributed by atoms with van der Waals surface area (Å²) in [5.74, 6) is 1.21. The molecule has 17 heavy (non-hydrogen) atoms. The molecule has 0 atom stereocenters. The summed E-state index contributed by atoms with van der Waals surface area (Å²) in [6, 6.07) is 0. The van der Waals surface area contributed by atoms with Gasteiger partial charge >= 0.3 is 0 Å². The van der Waals surface area contributed by atoms with E-state index < -0.39 is 0 Å². The number of carbonyl (C=O) groups is 1. The quantitative estimate of drug-likeness (QED) is 0.715. The molecule has 1 aliphatic heterocycles. The molecule has 0 saturated carbocycles. The zero-order valence-electron chi connectivity index (χ0n) is 12.9. The maximum atomic E-state index is 11.4. The molecule has 0 N–H and O–H groups in total.